The molecule has 24 heavy (non-hydrogen) atoms. The van der Waals surface area contributed by atoms with Crippen molar-refractivity contribution >= 4 is 16.8 Å². The summed E-state index contributed by atoms with van der Waals surface area (Å²) in [7, 11) is 0. The van der Waals surface area contributed by atoms with E-state index >= 15 is 0 Å². The molecule has 1 aromatic carbocycles. The first-order chi connectivity index (χ1) is 11.7. The highest BCUT2D eigenvalue weighted by Crippen LogP contribution is 2.32. The Hall–Kier alpha value is -2.40. The van der Waals surface area contributed by atoms with E-state index in [0.717, 1.165) is 42.2 Å². The van der Waals surface area contributed by atoms with E-state index in [-0.39, 0.29) is 6.04 Å². The normalized spacial score (nSPS) is 19.3. The third-order valence-corrected chi connectivity index (χ3v) is 4.73. The molecule has 1 aliphatic heterocycles. The lowest BCUT2D eigenvalue weighted by Crippen LogP contribution is -2.51. The summed E-state index contributed by atoms with van der Waals surface area (Å²) in [6, 6.07) is 11.1. The van der Waals surface area contributed by atoms with Crippen LogP contribution in [-0.2, 0) is 0 Å². The predicted octanol–water partition coefficient (Wildman–Crippen LogP) is 3.49. The van der Waals surface area contributed by atoms with Gasteiger partial charge in [-0.1, -0.05) is 18.2 Å². The number of piperazine rings is 1. The smallest absolute Gasteiger partial charge is 0.147 e. The number of nitrogens with zero attached hydrogens (tertiary/aromatic N) is 4. The zero-order valence-electron chi connectivity index (χ0n) is 14.1. The molecule has 3 heterocycles. The van der Waals surface area contributed by atoms with E-state index in [2.05, 4.69) is 51.8 Å². The van der Waals surface area contributed by atoms with Gasteiger partial charge in [0.05, 0.1) is 12.2 Å². The molecule has 124 valence electrons. The first-order valence-corrected chi connectivity index (χ1v) is 8.47. The summed E-state index contributed by atoms with van der Waals surface area (Å²) in [5, 5.41) is 1.16. The number of fused-ring (bicyclic) bond motifs is 1. The number of aromatic nitrogens is 2. The molecule has 0 spiro atoms. The van der Waals surface area contributed by atoms with Crippen molar-refractivity contribution in [3.05, 3.63) is 54.7 Å². The van der Waals surface area contributed by atoms with E-state index in [9.17, 15) is 0 Å². The van der Waals surface area contributed by atoms with Crippen LogP contribution in [0.25, 0.3) is 11.0 Å². The van der Waals surface area contributed by atoms with Crippen LogP contribution < -0.4 is 4.90 Å². The van der Waals surface area contributed by atoms with E-state index in [0.29, 0.717) is 6.04 Å². The highest BCUT2D eigenvalue weighted by molar-refractivity contribution is 5.77. The number of anilines is 1. The summed E-state index contributed by atoms with van der Waals surface area (Å²) >= 11 is 0. The van der Waals surface area contributed by atoms with Crippen LogP contribution in [0.3, 0.4) is 0 Å². The van der Waals surface area contributed by atoms with Gasteiger partial charge in [-0.25, -0.2) is 4.98 Å². The largest absolute Gasteiger partial charge is 0.459 e. The molecule has 1 unspecified atom stereocenters. The fourth-order valence-corrected chi connectivity index (χ4v) is 3.50. The second kappa shape index (κ2) is 6.24. The van der Waals surface area contributed by atoms with Gasteiger partial charge in [0.2, 0.25) is 0 Å². The minimum absolute atomic E-state index is 0.216. The van der Waals surface area contributed by atoms with E-state index in [1.54, 1.807) is 12.4 Å². The molecular formula is C19H22N4O. The van der Waals surface area contributed by atoms with Crippen LogP contribution in [0.4, 0.5) is 5.82 Å². The summed E-state index contributed by atoms with van der Waals surface area (Å²) in [5.74, 6) is 1.96. The summed E-state index contributed by atoms with van der Waals surface area (Å²) in [6.07, 6.45) is 5.30. The Morgan fingerprint density at radius 1 is 1.17 bits per heavy atom. The third kappa shape index (κ3) is 2.76. The van der Waals surface area contributed by atoms with Crippen molar-refractivity contribution in [1.29, 1.82) is 0 Å². The van der Waals surface area contributed by atoms with Crippen LogP contribution in [0.1, 0.15) is 25.6 Å². The molecule has 1 saturated heterocycles. The third-order valence-electron chi connectivity index (χ3n) is 4.73. The fraction of sp³-hybridized carbons (Fsp3) is 0.368. The zero-order valence-corrected chi connectivity index (χ0v) is 14.1. The number of hydrogen-bond donors (Lipinski definition) is 0. The van der Waals surface area contributed by atoms with Crippen LogP contribution in [0, 0.1) is 0 Å². The van der Waals surface area contributed by atoms with Gasteiger partial charge < -0.3 is 9.32 Å². The lowest BCUT2D eigenvalue weighted by atomic mass is 10.1. The van der Waals surface area contributed by atoms with Gasteiger partial charge in [0.15, 0.2) is 0 Å². The minimum Gasteiger partial charge on any atom is -0.459 e. The highest BCUT2D eigenvalue weighted by atomic mass is 16.3. The van der Waals surface area contributed by atoms with E-state index in [1.807, 2.05) is 18.3 Å². The van der Waals surface area contributed by atoms with Gasteiger partial charge in [-0.2, -0.15) is 0 Å². The molecule has 2 aromatic heterocycles. The average molecular weight is 322 g/mol. The van der Waals surface area contributed by atoms with Gasteiger partial charge in [-0.15, -0.1) is 0 Å². The van der Waals surface area contributed by atoms with Crippen molar-refractivity contribution < 1.29 is 4.42 Å². The van der Waals surface area contributed by atoms with E-state index < -0.39 is 0 Å². The van der Waals surface area contributed by atoms with Crippen LogP contribution >= 0.6 is 0 Å². The molecule has 0 radical (unpaired) electrons. The van der Waals surface area contributed by atoms with Crippen LogP contribution in [0.5, 0.6) is 0 Å². The molecule has 0 amide bonds. The number of furan rings is 1. The Morgan fingerprint density at radius 2 is 2.04 bits per heavy atom. The number of hydrogen-bond acceptors (Lipinski definition) is 5. The van der Waals surface area contributed by atoms with Crippen molar-refractivity contribution in [2.45, 2.75) is 25.9 Å². The van der Waals surface area contributed by atoms with Crippen LogP contribution in [0.15, 0.2) is 53.3 Å². The van der Waals surface area contributed by atoms with Gasteiger partial charge in [-0.05, 0) is 26.0 Å². The van der Waals surface area contributed by atoms with E-state index in [4.69, 9.17) is 4.42 Å². The highest BCUT2D eigenvalue weighted by Gasteiger charge is 2.32. The number of benzene rings is 1. The summed E-state index contributed by atoms with van der Waals surface area (Å²) in [4.78, 5) is 13.5. The SMILES string of the molecule is CC(C)N1CCN(c2cnccn2)CC1c1cc2ccccc2o1. The topological polar surface area (TPSA) is 45.4 Å². The second-order valence-electron chi connectivity index (χ2n) is 6.54. The second-order valence-corrected chi connectivity index (χ2v) is 6.54. The van der Waals surface area contributed by atoms with Crippen molar-refractivity contribution in [2.75, 3.05) is 24.5 Å². The maximum atomic E-state index is 6.17. The maximum Gasteiger partial charge on any atom is 0.147 e. The van der Waals surface area contributed by atoms with Crippen LogP contribution in [-0.4, -0.2) is 40.5 Å². The van der Waals surface area contributed by atoms with Gasteiger partial charge >= 0.3 is 0 Å². The van der Waals surface area contributed by atoms with Gasteiger partial charge in [0.1, 0.15) is 17.2 Å². The molecule has 1 atom stereocenters. The minimum atomic E-state index is 0.216. The Kier molecular flexibility index (Phi) is 3.94. The quantitative estimate of drug-likeness (QED) is 0.738. The molecule has 4 rings (SSSR count). The molecule has 3 aromatic rings. The lowest BCUT2D eigenvalue weighted by Gasteiger charge is -2.42. The molecule has 5 nitrogen and oxygen atoms in total. The van der Waals surface area contributed by atoms with Crippen molar-refractivity contribution in [3.8, 4) is 0 Å². The van der Waals surface area contributed by atoms with Gasteiger partial charge in [0, 0.05) is 43.5 Å². The molecular weight excluding hydrogens is 300 g/mol. The van der Waals surface area contributed by atoms with Gasteiger partial charge in [0.25, 0.3) is 0 Å². The predicted molar refractivity (Wildman–Crippen MR) is 95.0 cm³/mol. The zero-order chi connectivity index (χ0) is 16.5. The van der Waals surface area contributed by atoms with Crippen molar-refractivity contribution in [1.82, 2.24) is 14.9 Å². The maximum absolute atomic E-state index is 6.17. The molecule has 1 aliphatic rings. The lowest BCUT2D eigenvalue weighted by molar-refractivity contribution is 0.121. The summed E-state index contributed by atoms with van der Waals surface area (Å²) < 4.78 is 6.17. The molecule has 0 N–H and O–H groups in total. The number of para-hydroxylation sites is 1. The Morgan fingerprint density at radius 3 is 2.79 bits per heavy atom. The molecule has 0 aliphatic carbocycles. The standard InChI is InChI=1S/C19H22N4O/c1-14(2)23-10-9-22(19-12-20-7-8-21-19)13-16(23)18-11-15-5-3-4-6-17(15)24-18/h3-8,11-12,14,16H,9-10,13H2,1-2H3. The fourth-order valence-electron chi connectivity index (χ4n) is 3.50. The van der Waals surface area contributed by atoms with Crippen molar-refractivity contribution in [3.63, 3.8) is 0 Å². The first kappa shape index (κ1) is 15.1. The summed E-state index contributed by atoms with van der Waals surface area (Å²) in [6.45, 7) is 7.28. The molecule has 5 heteroatoms. The molecule has 0 bridgehead atoms. The molecule has 0 saturated carbocycles. The Labute approximate surface area is 141 Å². The summed E-state index contributed by atoms with van der Waals surface area (Å²) in [5.41, 5.74) is 0.952. The molecule has 1 fully saturated rings. The Balaban J connectivity index is 1.68. The monoisotopic (exact) mass is 322 g/mol. The van der Waals surface area contributed by atoms with Crippen LogP contribution in [0.2, 0.25) is 0 Å². The average Bonchev–Trinajstić information content (AvgIpc) is 3.06. The van der Waals surface area contributed by atoms with E-state index in [1.165, 1.54) is 0 Å². The number of rotatable bonds is 3. The first-order valence-electron chi connectivity index (χ1n) is 8.47. The van der Waals surface area contributed by atoms with Crippen molar-refractivity contribution in [2.24, 2.45) is 0 Å². The Bertz CT molecular complexity index is 781. The van der Waals surface area contributed by atoms with Gasteiger partial charge in [-0.3, -0.25) is 9.88 Å².